The summed E-state index contributed by atoms with van der Waals surface area (Å²) in [5.41, 5.74) is 0.266. The lowest BCUT2D eigenvalue weighted by Gasteiger charge is -2.06. The number of halogens is 3. The lowest BCUT2D eigenvalue weighted by molar-refractivity contribution is -0.137. The molecule has 0 radical (unpaired) electrons. The standard InChI is InChI=1S/C17H15F3N2O3S/c18-17(19,20)11-3-4-12(22-9-11)7-16(23)15-8-14(15)10-1-5-13(6-2-10)26(21,24)25/h1-6,9,14-15H,7-8H2,(H2,21,24,25)/t14-,15+/m0/s1. The summed E-state index contributed by atoms with van der Waals surface area (Å²) in [6, 6.07) is 8.14. The third-order valence-electron chi connectivity index (χ3n) is 4.35. The molecule has 2 atom stereocenters. The maximum absolute atomic E-state index is 12.5. The normalized spacial score (nSPS) is 20.0. The van der Waals surface area contributed by atoms with Crippen molar-refractivity contribution >= 4 is 15.8 Å². The minimum atomic E-state index is -4.46. The Labute approximate surface area is 148 Å². The lowest BCUT2D eigenvalue weighted by Crippen LogP contribution is -2.12. The molecule has 2 N–H and O–H groups in total. The summed E-state index contributed by atoms with van der Waals surface area (Å²) in [6.45, 7) is 0. The molecule has 0 spiro atoms. The first-order valence-electron chi connectivity index (χ1n) is 7.73. The van der Waals surface area contributed by atoms with Crippen LogP contribution in [0.1, 0.15) is 29.2 Å². The molecule has 0 aliphatic heterocycles. The van der Waals surface area contributed by atoms with Crippen LogP contribution in [0.2, 0.25) is 0 Å². The van der Waals surface area contributed by atoms with E-state index in [0.717, 1.165) is 17.8 Å². The highest BCUT2D eigenvalue weighted by Crippen LogP contribution is 2.48. The van der Waals surface area contributed by atoms with Gasteiger partial charge in [0.15, 0.2) is 0 Å². The van der Waals surface area contributed by atoms with E-state index in [1.165, 1.54) is 18.2 Å². The fourth-order valence-electron chi connectivity index (χ4n) is 2.83. The number of carbonyl (C=O) groups is 1. The van der Waals surface area contributed by atoms with Gasteiger partial charge >= 0.3 is 6.18 Å². The van der Waals surface area contributed by atoms with E-state index in [0.29, 0.717) is 12.1 Å². The van der Waals surface area contributed by atoms with Crippen LogP contribution >= 0.6 is 0 Å². The van der Waals surface area contributed by atoms with Crippen LogP contribution < -0.4 is 5.14 Å². The maximum Gasteiger partial charge on any atom is 0.417 e. The number of ketones is 1. The average Bonchev–Trinajstić information content (AvgIpc) is 3.34. The second-order valence-corrected chi connectivity index (χ2v) is 7.80. The molecule has 1 fully saturated rings. The molecule has 1 aliphatic carbocycles. The Hall–Kier alpha value is -2.26. The van der Waals surface area contributed by atoms with Gasteiger partial charge in [-0.15, -0.1) is 0 Å². The number of sulfonamides is 1. The van der Waals surface area contributed by atoms with Crippen LogP contribution in [0.4, 0.5) is 13.2 Å². The highest BCUT2D eigenvalue weighted by atomic mass is 32.2. The Balaban J connectivity index is 1.62. The van der Waals surface area contributed by atoms with E-state index in [1.807, 2.05) is 0 Å². The molecule has 3 rings (SSSR count). The smallest absolute Gasteiger partial charge is 0.299 e. The predicted octanol–water partition coefficient (Wildman–Crippen LogP) is 2.66. The topological polar surface area (TPSA) is 90.1 Å². The summed E-state index contributed by atoms with van der Waals surface area (Å²) in [5.74, 6) is -0.358. The summed E-state index contributed by atoms with van der Waals surface area (Å²) >= 11 is 0. The van der Waals surface area contributed by atoms with Gasteiger partial charge in [-0.3, -0.25) is 9.78 Å². The molecule has 0 saturated heterocycles. The van der Waals surface area contributed by atoms with Crippen LogP contribution in [0.3, 0.4) is 0 Å². The van der Waals surface area contributed by atoms with Crippen molar-refractivity contribution in [3.8, 4) is 0 Å². The fraction of sp³-hybridized carbons (Fsp3) is 0.294. The van der Waals surface area contributed by atoms with Crippen LogP contribution in [-0.4, -0.2) is 19.2 Å². The molecule has 1 aromatic heterocycles. The van der Waals surface area contributed by atoms with Crippen molar-refractivity contribution in [2.75, 3.05) is 0 Å². The van der Waals surface area contributed by atoms with Crippen LogP contribution in [0.5, 0.6) is 0 Å². The van der Waals surface area contributed by atoms with Crippen LogP contribution in [0, 0.1) is 5.92 Å². The molecule has 0 bridgehead atoms. The van der Waals surface area contributed by atoms with E-state index >= 15 is 0 Å². The molecule has 5 nitrogen and oxygen atoms in total. The second kappa shape index (κ2) is 6.48. The van der Waals surface area contributed by atoms with Gasteiger partial charge in [0, 0.05) is 24.2 Å². The first-order valence-corrected chi connectivity index (χ1v) is 9.28. The number of Topliss-reactive ketones (excluding diaryl/α,β-unsaturated/α-hetero) is 1. The number of pyridine rings is 1. The van der Waals surface area contributed by atoms with Gasteiger partial charge in [-0.05, 0) is 42.2 Å². The lowest BCUT2D eigenvalue weighted by atomic mass is 10.0. The molecule has 1 aromatic carbocycles. The molecule has 1 saturated carbocycles. The van der Waals surface area contributed by atoms with Crippen molar-refractivity contribution in [3.63, 3.8) is 0 Å². The van der Waals surface area contributed by atoms with Crippen molar-refractivity contribution in [3.05, 3.63) is 59.4 Å². The van der Waals surface area contributed by atoms with Gasteiger partial charge in [0.05, 0.1) is 10.5 Å². The zero-order valence-corrected chi connectivity index (χ0v) is 14.2. The SMILES string of the molecule is NS(=O)(=O)c1ccc([C@@H]2C[C@H]2C(=O)Cc2ccc(C(F)(F)F)cn2)cc1. The third-order valence-corrected chi connectivity index (χ3v) is 5.28. The first kappa shape index (κ1) is 18.5. The number of nitrogens with zero attached hydrogens (tertiary/aromatic N) is 1. The van der Waals surface area contributed by atoms with Gasteiger partial charge in [-0.2, -0.15) is 13.2 Å². The number of nitrogens with two attached hydrogens (primary N) is 1. The number of alkyl halides is 3. The van der Waals surface area contributed by atoms with Crippen molar-refractivity contribution in [1.29, 1.82) is 0 Å². The Morgan fingerprint density at radius 2 is 1.81 bits per heavy atom. The van der Waals surface area contributed by atoms with Crippen molar-refractivity contribution < 1.29 is 26.4 Å². The van der Waals surface area contributed by atoms with E-state index in [-0.39, 0.29) is 28.9 Å². The number of carbonyl (C=O) groups excluding carboxylic acids is 1. The molecule has 26 heavy (non-hydrogen) atoms. The summed E-state index contributed by atoms with van der Waals surface area (Å²) in [6.07, 6.45) is -3.15. The molecule has 138 valence electrons. The fourth-order valence-corrected chi connectivity index (χ4v) is 3.35. The van der Waals surface area contributed by atoms with Gasteiger partial charge in [-0.1, -0.05) is 12.1 Å². The van der Waals surface area contributed by atoms with Gasteiger partial charge < -0.3 is 0 Å². The van der Waals surface area contributed by atoms with Crippen LogP contribution in [-0.2, 0) is 27.4 Å². The molecule has 1 aliphatic rings. The van der Waals surface area contributed by atoms with Crippen molar-refractivity contribution in [2.24, 2.45) is 11.1 Å². The minimum absolute atomic E-state index is 0.00118. The molecular formula is C17H15F3N2O3S. The number of primary sulfonamides is 1. The minimum Gasteiger partial charge on any atom is -0.299 e. The zero-order chi connectivity index (χ0) is 19.1. The molecule has 0 amide bonds. The number of hydrogen-bond donors (Lipinski definition) is 1. The molecule has 1 heterocycles. The van der Waals surface area contributed by atoms with Crippen LogP contribution in [0.15, 0.2) is 47.5 Å². The number of rotatable bonds is 5. The van der Waals surface area contributed by atoms with Gasteiger partial charge in [-0.25, -0.2) is 13.6 Å². The summed E-state index contributed by atoms with van der Waals surface area (Å²) in [7, 11) is -3.76. The highest BCUT2D eigenvalue weighted by molar-refractivity contribution is 7.89. The zero-order valence-electron chi connectivity index (χ0n) is 13.4. The van der Waals surface area contributed by atoms with Gasteiger partial charge in [0.2, 0.25) is 10.0 Å². The van der Waals surface area contributed by atoms with Gasteiger partial charge in [0.25, 0.3) is 0 Å². The molecular weight excluding hydrogens is 369 g/mol. The van der Waals surface area contributed by atoms with E-state index in [2.05, 4.69) is 4.98 Å². The van der Waals surface area contributed by atoms with E-state index in [9.17, 15) is 26.4 Å². The van der Waals surface area contributed by atoms with Crippen molar-refractivity contribution in [2.45, 2.75) is 29.8 Å². The van der Waals surface area contributed by atoms with Crippen LogP contribution in [0.25, 0.3) is 0 Å². The monoisotopic (exact) mass is 384 g/mol. The predicted molar refractivity (Wildman–Crippen MR) is 86.6 cm³/mol. The first-order chi connectivity index (χ1) is 12.1. The highest BCUT2D eigenvalue weighted by Gasteiger charge is 2.43. The Morgan fingerprint density at radius 1 is 1.15 bits per heavy atom. The Bertz CT molecular complexity index is 923. The quantitative estimate of drug-likeness (QED) is 0.858. The summed E-state index contributed by atoms with van der Waals surface area (Å²) in [4.78, 5) is 16.0. The maximum atomic E-state index is 12.5. The summed E-state index contributed by atoms with van der Waals surface area (Å²) in [5, 5.41) is 5.04. The van der Waals surface area contributed by atoms with E-state index in [1.54, 1.807) is 12.1 Å². The van der Waals surface area contributed by atoms with Crippen molar-refractivity contribution in [1.82, 2.24) is 4.98 Å². The second-order valence-electron chi connectivity index (χ2n) is 6.24. The largest absolute Gasteiger partial charge is 0.417 e. The number of hydrogen-bond acceptors (Lipinski definition) is 4. The summed E-state index contributed by atoms with van der Waals surface area (Å²) < 4.78 is 60.0. The number of aromatic nitrogens is 1. The van der Waals surface area contributed by atoms with Gasteiger partial charge in [0.1, 0.15) is 5.78 Å². The Morgan fingerprint density at radius 3 is 2.31 bits per heavy atom. The van der Waals surface area contributed by atoms with E-state index in [4.69, 9.17) is 5.14 Å². The molecule has 9 heteroatoms. The number of benzene rings is 1. The third kappa shape index (κ3) is 4.10. The van der Waals surface area contributed by atoms with E-state index < -0.39 is 21.8 Å². The molecule has 2 aromatic rings. The average molecular weight is 384 g/mol. The Kier molecular flexibility index (Phi) is 4.61. The molecule has 0 unspecified atom stereocenters.